The van der Waals surface area contributed by atoms with Gasteiger partial charge < -0.3 is 24.6 Å². The Morgan fingerprint density at radius 3 is 2.50 bits per heavy atom. The molecule has 1 aliphatic heterocycles. The lowest BCUT2D eigenvalue weighted by Gasteiger charge is -2.27. The summed E-state index contributed by atoms with van der Waals surface area (Å²) in [5.74, 6) is 0.534. The van der Waals surface area contributed by atoms with Crippen LogP contribution in [0.25, 0.3) is 0 Å². The number of hydrogen-bond donors (Lipinski definition) is 2. The highest BCUT2D eigenvalue weighted by atomic mass is 16.6. The summed E-state index contributed by atoms with van der Waals surface area (Å²) < 4.78 is 16.3. The van der Waals surface area contributed by atoms with Gasteiger partial charge >= 0.3 is 5.97 Å². The van der Waals surface area contributed by atoms with Crippen LogP contribution < -0.4 is 19.5 Å². The molecule has 0 atom stereocenters. The molecule has 28 heavy (non-hydrogen) atoms. The smallest absolute Gasteiger partial charge is 0.341 e. The fourth-order valence-electron chi connectivity index (χ4n) is 2.85. The number of rotatable bonds is 6. The maximum atomic E-state index is 13.0. The van der Waals surface area contributed by atoms with Crippen LogP contribution in [0.4, 0.5) is 5.69 Å². The van der Waals surface area contributed by atoms with Crippen molar-refractivity contribution in [2.75, 3.05) is 25.1 Å². The molecule has 0 bridgehead atoms. The van der Waals surface area contributed by atoms with Crippen LogP contribution in [-0.2, 0) is 15.0 Å². The molecule has 148 valence electrons. The molecule has 0 spiro atoms. The van der Waals surface area contributed by atoms with Crippen molar-refractivity contribution in [2.24, 2.45) is 0 Å². The Morgan fingerprint density at radius 1 is 1.11 bits per heavy atom. The third kappa shape index (κ3) is 4.19. The second kappa shape index (κ2) is 7.80. The lowest BCUT2D eigenvalue weighted by atomic mass is 9.83. The average Bonchev–Trinajstić information content (AvgIpc) is 2.67. The predicted molar refractivity (Wildman–Crippen MR) is 103 cm³/mol. The molecule has 0 aromatic heterocycles. The van der Waals surface area contributed by atoms with Gasteiger partial charge in [-0.3, -0.25) is 4.79 Å². The molecule has 2 aromatic carbocycles. The van der Waals surface area contributed by atoms with Crippen molar-refractivity contribution in [3.05, 3.63) is 47.5 Å². The van der Waals surface area contributed by atoms with E-state index in [2.05, 4.69) is 5.32 Å². The molecule has 7 heteroatoms. The number of carbonyl (C=O) groups is 2. The topological polar surface area (TPSA) is 94.1 Å². The number of carboxylic acid groups (broad SMARTS) is 1. The van der Waals surface area contributed by atoms with Gasteiger partial charge in [0.2, 0.25) is 5.91 Å². The molecular weight excluding hydrogens is 362 g/mol. The number of benzene rings is 2. The number of carboxylic acids is 1. The van der Waals surface area contributed by atoms with Crippen molar-refractivity contribution < 1.29 is 28.9 Å². The van der Waals surface area contributed by atoms with Crippen molar-refractivity contribution in [3.63, 3.8) is 0 Å². The Kier molecular flexibility index (Phi) is 5.44. The summed E-state index contributed by atoms with van der Waals surface area (Å²) in [4.78, 5) is 23.6. The number of fused-ring (bicyclic) bond motifs is 1. The Bertz CT molecular complexity index is 906. The van der Waals surface area contributed by atoms with Gasteiger partial charge in [-0.05, 0) is 62.2 Å². The maximum absolute atomic E-state index is 13.0. The molecule has 0 radical (unpaired) electrons. The Hall–Kier alpha value is -3.22. The lowest BCUT2D eigenvalue weighted by molar-refractivity contribution is -0.139. The minimum atomic E-state index is -1.05. The van der Waals surface area contributed by atoms with Crippen molar-refractivity contribution in [3.8, 4) is 17.2 Å². The molecule has 0 saturated carbocycles. The van der Waals surface area contributed by atoms with E-state index in [9.17, 15) is 9.59 Å². The minimum absolute atomic E-state index is 0.175. The SMILES string of the molecule is Cc1cc(OCC(=O)O)ccc1NC(=O)C(C)(C)c1ccc2c(c1)OCCO2. The number of amides is 1. The van der Waals surface area contributed by atoms with Gasteiger partial charge in [0, 0.05) is 5.69 Å². The van der Waals surface area contributed by atoms with Gasteiger partial charge in [0.05, 0.1) is 5.41 Å². The zero-order valence-electron chi connectivity index (χ0n) is 16.1. The van der Waals surface area contributed by atoms with Crippen LogP contribution in [0.3, 0.4) is 0 Å². The monoisotopic (exact) mass is 385 g/mol. The lowest BCUT2D eigenvalue weighted by Crippen LogP contribution is -2.35. The Balaban J connectivity index is 1.75. The molecule has 3 rings (SSSR count). The summed E-state index contributed by atoms with van der Waals surface area (Å²) in [5.41, 5.74) is 1.42. The number of carbonyl (C=O) groups excluding carboxylic acids is 1. The van der Waals surface area contributed by atoms with Crippen molar-refractivity contribution in [1.29, 1.82) is 0 Å². The van der Waals surface area contributed by atoms with Gasteiger partial charge in [0.15, 0.2) is 18.1 Å². The van der Waals surface area contributed by atoms with E-state index in [-0.39, 0.29) is 5.91 Å². The Labute approximate surface area is 163 Å². The molecular formula is C21H23NO6. The highest BCUT2D eigenvalue weighted by Crippen LogP contribution is 2.36. The summed E-state index contributed by atoms with van der Waals surface area (Å²) in [6.07, 6.45) is 0. The van der Waals surface area contributed by atoms with Gasteiger partial charge in [-0.25, -0.2) is 4.79 Å². The summed E-state index contributed by atoms with van der Waals surface area (Å²) in [6.45, 7) is 6.09. The molecule has 1 heterocycles. The van der Waals surface area contributed by atoms with Crippen LogP contribution in [0.5, 0.6) is 17.2 Å². The largest absolute Gasteiger partial charge is 0.486 e. The van der Waals surface area contributed by atoms with Gasteiger partial charge in [0.25, 0.3) is 0 Å². The summed E-state index contributed by atoms with van der Waals surface area (Å²) >= 11 is 0. The van der Waals surface area contributed by atoms with E-state index >= 15 is 0 Å². The number of nitrogens with one attached hydrogen (secondary N) is 1. The molecule has 2 N–H and O–H groups in total. The summed E-state index contributed by atoms with van der Waals surface area (Å²) in [7, 11) is 0. The number of aryl methyl sites for hydroxylation is 1. The zero-order valence-corrected chi connectivity index (χ0v) is 16.1. The van der Waals surface area contributed by atoms with Gasteiger partial charge in [-0.1, -0.05) is 6.07 Å². The second-order valence-corrected chi connectivity index (χ2v) is 7.10. The van der Waals surface area contributed by atoms with E-state index < -0.39 is 18.0 Å². The summed E-state index contributed by atoms with van der Waals surface area (Å²) in [5, 5.41) is 11.6. The van der Waals surface area contributed by atoms with Crippen molar-refractivity contribution >= 4 is 17.6 Å². The number of ether oxygens (including phenoxy) is 3. The molecule has 0 saturated heterocycles. The third-order valence-electron chi connectivity index (χ3n) is 4.64. The van der Waals surface area contributed by atoms with E-state index in [1.54, 1.807) is 18.2 Å². The normalized spacial score (nSPS) is 13.0. The third-order valence-corrected chi connectivity index (χ3v) is 4.64. The van der Waals surface area contributed by atoms with Gasteiger partial charge in [-0.2, -0.15) is 0 Å². The fourth-order valence-corrected chi connectivity index (χ4v) is 2.85. The van der Waals surface area contributed by atoms with Crippen LogP contribution in [0.2, 0.25) is 0 Å². The predicted octanol–water partition coefficient (Wildman–Crippen LogP) is 3.15. The van der Waals surface area contributed by atoms with Crippen molar-refractivity contribution in [2.45, 2.75) is 26.2 Å². The van der Waals surface area contributed by atoms with Crippen LogP contribution in [0.15, 0.2) is 36.4 Å². The molecule has 7 nitrogen and oxygen atoms in total. The molecule has 1 amide bonds. The Morgan fingerprint density at radius 2 is 1.82 bits per heavy atom. The van der Waals surface area contributed by atoms with Crippen molar-refractivity contribution in [1.82, 2.24) is 0 Å². The quantitative estimate of drug-likeness (QED) is 0.793. The van der Waals surface area contributed by atoms with Crippen LogP contribution in [0, 0.1) is 6.92 Å². The molecule has 1 aliphatic rings. The van der Waals surface area contributed by atoms with Gasteiger partial charge in [0.1, 0.15) is 19.0 Å². The van der Waals surface area contributed by atoms with Crippen LogP contribution >= 0.6 is 0 Å². The average molecular weight is 385 g/mol. The van der Waals surface area contributed by atoms with E-state index in [0.717, 1.165) is 11.1 Å². The minimum Gasteiger partial charge on any atom is -0.486 e. The number of aliphatic carboxylic acids is 1. The summed E-state index contributed by atoms with van der Waals surface area (Å²) in [6, 6.07) is 10.5. The number of hydrogen-bond acceptors (Lipinski definition) is 5. The standard InChI is InChI=1S/C21H23NO6/c1-13-10-15(28-12-19(23)24)5-6-16(13)22-20(25)21(2,3)14-4-7-17-18(11-14)27-9-8-26-17/h4-7,10-11H,8-9,12H2,1-3H3,(H,22,25)(H,23,24). The van der Waals surface area contributed by atoms with E-state index in [4.69, 9.17) is 19.3 Å². The first-order valence-electron chi connectivity index (χ1n) is 8.94. The van der Waals surface area contributed by atoms with E-state index in [1.165, 1.54) is 0 Å². The molecule has 0 unspecified atom stereocenters. The van der Waals surface area contributed by atoms with Crippen LogP contribution in [-0.4, -0.2) is 36.8 Å². The highest BCUT2D eigenvalue weighted by Gasteiger charge is 2.31. The first kappa shape index (κ1) is 19.5. The fraction of sp³-hybridized carbons (Fsp3) is 0.333. The van der Waals surface area contributed by atoms with Crippen LogP contribution in [0.1, 0.15) is 25.0 Å². The maximum Gasteiger partial charge on any atom is 0.341 e. The molecule has 0 fully saturated rings. The second-order valence-electron chi connectivity index (χ2n) is 7.10. The van der Waals surface area contributed by atoms with E-state index in [0.29, 0.717) is 36.1 Å². The molecule has 2 aromatic rings. The molecule has 0 aliphatic carbocycles. The van der Waals surface area contributed by atoms with E-state index in [1.807, 2.05) is 39.0 Å². The number of anilines is 1. The first-order chi connectivity index (χ1) is 13.3. The first-order valence-corrected chi connectivity index (χ1v) is 8.94. The van der Waals surface area contributed by atoms with Gasteiger partial charge in [-0.15, -0.1) is 0 Å². The highest BCUT2D eigenvalue weighted by molar-refractivity contribution is 5.99. The zero-order chi connectivity index (χ0) is 20.3.